The fourth-order valence-corrected chi connectivity index (χ4v) is 20.0. The predicted molar refractivity (Wildman–Crippen MR) is 570 cm³/mol. The molecule has 0 amide bonds. The molecular weight excluding hydrogens is 1620 g/mol. The average molecular weight is 1720 g/mol. The van der Waals surface area contributed by atoms with E-state index in [-0.39, 0.29) is 0 Å². The van der Waals surface area contributed by atoms with E-state index in [1.807, 2.05) is 0 Å². The van der Waals surface area contributed by atoms with E-state index < -0.39 is 0 Å². The topological polar surface area (TPSA) is 24.5 Å². The Hall–Kier alpha value is -16.8. The number of benzene rings is 20. The lowest BCUT2D eigenvalue weighted by Crippen LogP contribution is -2.11. The van der Waals surface area contributed by atoms with Gasteiger partial charge >= 0.3 is 0 Å². The normalized spacial score (nSPS) is 11.4. The maximum atomic E-state index is 2.39. The summed E-state index contributed by atoms with van der Waals surface area (Å²) < 4.78 is 7.15. The fraction of sp³-hybridized carbons (Fsp3) is 0.0625. The van der Waals surface area contributed by atoms with Gasteiger partial charge in [0.15, 0.2) is 0 Å². The molecule has 0 fully saturated rings. The van der Waals surface area contributed by atoms with Crippen LogP contribution in [0.15, 0.2) is 473 Å². The van der Waals surface area contributed by atoms with Gasteiger partial charge in [0.25, 0.3) is 0 Å². The molecule has 0 saturated heterocycles. The van der Waals surface area contributed by atoms with Crippen LogP contribution < -0.4 is 14.7 Å². The lowest BCUT2D eigenvalue weighted by molar-refractivity contribution is 0.922. The van der Waals surface area contributed by atoms with Crippen molar-refractivity contribution in [2.45, 2.75) is 54.4 Å². The van der Waals surface area contributed by atoms with Gasteiger partial charge in [-0.05, 0) is 325 Å². The molecule has 0 spiro atoms. The Morgan fingerprint density at radius 1 is 0.179 bits per heavy atom. The highest BCUT2D eigenvalue weighted by Gasteiger charge is 2.24. The number of rotatable bonds is 20. The molecule has 642 valence electrons. The van der Waals surface area contributed by atoms with Gasteiger partial charge < -0.3 is 28.4 Å². The van der Waals surface area contributed by atoms with Gasteiger partial charge in [0, 0.05) is 101 Å². The van der Waals surface area contributed by atoms with Gasteiger partial charge in [-0.3, -0.25) is 0 Å². The van der Waals surface area contributed by atoms with E-state index >= 15 is 0 Å². The third kappa shape index (κ3) is 16.0. The minimum Gasteiger partial charge on any atom is -0.311 e. The smallest absolute Gasteiger partial charge is 0.0541 e. The molecule has 3 aromatic heterocycles. The SMILES string of the molecule is CCCc1ccc(N(c2ccc(C)cc2)c2ccc(-c3ccc4c(c3)c3ccccc3n4-c3ccccc3)cc2)cc1.Cc1ccc(N(c2ccc(-c3ccc(N(c4ccc(-c5ccc6c(c5)c5cc(-c7ccccc7)ccc5n6-c5ccccc5)cc4)c4ccc(C)cc4C)cc3)cc2)c2ccc(-c3ccc4c(c3)c3cc(-c5ccccc5)ccc3n4-c3ccccc3)cc2)c(C)c1. The molecule has 0 saturated carbocycles. The standard InChI is InChI=1S/C88H66N4.C40H34N2/c1-59-25-47-83(61(3)53-59)89(77-43-31-67(32-44-77)71-37-51-87-81(57-71)79-55-69(63-17-9-5-10-18-63)35-49-85(79)91(87)73-21-13-7-14-22-73)75-39-27-65(28-40-75)66-29-41-76(42-30-66)90(84-48-26-60(2)54-62(84)4)78-45-33-68(34-46-78)72-38-52-88-82(58-72)80-56-70(64-19-11-6-12-20-64)36-50-86(80)92(88)74-23-15-8-16-24-74;1-3-9-30-16-23-35(24-17-30)41(34-21-14-29(2)15-22-34)36-25-18-31(19-26-36)32-20-27-40-38(28-32)37-12-7-8-13-39(37)42(40)33-10-5-4-6-11-33/h5-58H,1-4H3;4-8,10-28H,3,9H2,1-2H3. The van der Waals surface area contributed by atoms with E-state index in [0.29, 0.717) is 0 Å². The quantitative estimate of drug-likeness (QED) is 0.0760. The first-order valence-electron chi connectivity index (χ1n) is 46.6. The highest BCUT2D eigenvalue weighted by molar-refractivity contribution is 6.14. The second-order valence-electron chi connectivity index (χ2n) is 35.5. The number of fused-ring (bicyclic) bond motifs is 9. The van der Waals surface area contributed by atoms with E-state index in [9.17, 15) is 0 Å². The summed E-state index contributed by atoms with van der Waals surface area (Å²) in [4.78, 5) is 7.13. The molecule has 0 bridgehead atoms. The third-order valence-corrected chi connectivity index (χ3v) is 26.6. The third-order valence-electron chi connectivity index (χ3n) is 26.6. The molecule has 6 nitrogen and oxygen atoms in total. The summed E-state index contributed by atoms with van der Waals surface area (Å²) in [5.41, 5.74) is 42.6. The molecule has 0 radical (unpaired) electrons. The van der Waals surface area contributed by atoms with Crippen LogP contribution in [0, 0.1) is 34.6 Å². The summed E-state index contributed by atoms with van der Waals surface area (Å²) >= 11 is 0. The zero-order chi connectivity index (χ0) is 90.3. The molecule has 0 aliphatic heterocycles. The molecule has 0 unspecified atom stereocenters. The number of aromatic nitrogens is 3. The Balaban J connectivity index is 0.000000207. The molecule has 6 heteroatoms. The van der Waals surface area contributed by atoms with Gasteiger partial charge in [0.2, 0.25) is 0 Å². The first kappa shape index (κ1) is 82.9. The maximum Gasteiger partial charge on any atom is 0.0541 e. The van der Waals surface area contributed by atoms with Gasteiger partial charge in [-0.2, -0.15) is 0 Å². The van der Waals surface area contributed by atoms with Crippen molar-refractivity contribution < 1.29 is 0 Å². The van der Waals surface area contributed by atoms with Crippen molar-refractivity contribution >= 4 is 117 Å². The van der Waals surface area contributed by atoms with E-state index in [2.05, 4.69) is 543 Å². The number of aryl methyl sites for hydroxylation is 6. The molecular formula is C128H100N6. The highest BCUT2D eigenvalue weighted by atomic mass is 15.2. The van der Waals surface area contributed by atoms with Crippen molar-refractivity contribution in [3.63, 3.8) is 0 Å². The zero-order valence-corrected chi connectivity index (χ0v) is 76.1. The van der Waals surface area contributed by atoms with Crippen LogP contribution in [0.2, 0.25) is 0 Å². The second-order valence-corrected chi connectivity index (χ2v) is 35.5. The first-order valence-corrected chi connectivity index (χ1v) is 46.6. The monoisotopic (exact) mass is 1720 g/mol. The first-order chi connectivity index (χ1) is 65.9. The van der Waals surface area contributed by atoms with Crippen molar-refractivity contribution in [3.05, 3.63) is 507 Å². The minimum absolute atomic E-state index is 1.09. The molecule has 3 heterocycles. The summed E-state index contributed by atoms with van der Waals surface area (Å²) in [7, 11) is 0. The van der Waals surface area contributed by atoms with Crippen molar-refractivity contribution in [1.82, 2.24) is 13.7 Å². The lowest BCUT2D eigenvalue weighted by atomic mass is 9.99. The molecule has 23 rings (SSSR count). The van der Waals surface area contributed by atoms with Crippen LogP contribution in [-0.4, -0.2) is 13.7 Å². The van der Waals surface area contributed by atoms with Crippen LogP contribution >= 0.6 is 0 Å². The van der Waals surface area contributed by atoms with Crippen LogP contribution in [0.3, 0.4) is 0 Å². The van der Waals surface area contributed by atoms with Crippen LogP contribution in [0.1, 0.15) is 46.7 Å². The lowest BCUT2D eigenvalue weighted by Gasteiger charge is -2.28. The average Bonchev–Trinajstić information content (AvgIpc) is 1.46. The summed E-state index contributed by atoms with van der Waals surface area (Å²) in [6, 6.07) is 173. The summed E-state index contributed by atoms with van der Waals surface area (Å²) in [6.07, 6.45) is 2.26. The van der Waals surface area contributed by atoms with Crippen molar-refractivity contribution in [2.24, 2.45) is 0 Å². The summed E-state index contributed by atoms with van der Waals surface area (Å²) in [5, 5.41) is 7.47. The molecule has 0 aliphatic carbocycles. The molecule has 0 aliphatic rings. The van der Waals surface area contributed by atoms with Gasteiger partial charge in [-0.25, -0.2) is 0 Å². The van der Waals surface area contributed by atoms with Crippen LogP contribution in [-0.2, 0) is 6.42 Å². The summed E-state index contributed by atoms with van der Waals surface area (Å²) in [5.74, 6) is 0. The minimum atomic E-state index is 1.09. The van der Waals surface area contributed by atoms with E-state index in [1.165, 1.54) is 166 Å². The Bertz CT molecular complexity index is 7870. The number of para-hydroxylation sites is 4. The number of hydrogen-bond acceptors (Lipinski definition) is 3. The molecule has 23 aromatic rings. The molecule has 0 N–H and O–H groups in total. The van der Waals surface area contributed by atoms with Crippen LogP contribution in [0.4, 0.5) is 51.2 Å². The van der Waals surface area contributed by atoms with Crippen LogP contribution in [0.5, 0.6) is 0 Å². The van der Waals surface area contributed by atoms with Gasteiger partial charge in [0.1, 0.15) is 0 Å². The van der Waals surface area contributed by atoms with E-state index in [4.69, 9.17) is 0 Å². The number of anilines is 9. The van der Waals surface area contributed by atoms with Crippen molar-refractivity contribution in [2.75, 3.05) is 14.7 Å². The van der Waals surface area contributed by atoms with E-state index in [0.717, 1.165) is 80.8 Å². The maximum absolute atomic E-state index is 2.39. The predicted octanol–water partition coefficient (Wildman–Crippen LogP) is 35.6. The molecule has 134 heavy (non-hydrogen) atoms. The van der Waals surface area contributed by atoms with E-state index in [1.54, 1.807) is 0 Å². The largest absolute Gasteiger partial charge is 0.311 e. The Kier molecular flexibility index (Phi) is 22.2. The Morgan fingerprint density at radius 3 is 0.716 bits per heavy atom. The second kappa shape index (κ2) is 35.9. The highest BCUT2D eigenvalue weighted by Crippen LogP contribution is 2.47. The fourth-order valence-electron chi connectivity index (χ4n) is 20.0. The van der Waals surface area contributed by atoms with Gasteiger partial charge in [-0.1, -0.05) is 303 Å². The molecule has 20 aromatic carbocycles. The van der Waals surface area contributed by atoms with Crippen LogP contribution in [0.25, 0.3) is 149 Å². The Morgan fingerprint density at radius 2 is 0.410 bits per heavy atom. The van der Waals surface area contributed by atoms with Gasteiger partial charge in [0.05, 0.1) is 33.1 Å². The number of hydrogen-bond donors (Lipinski definition) is 0. The zero-order valence-electron chi connectivity index (χ0n) is 76.1. The van der Waals surface area contributed by atoms with Crippen molar-refractivity contribution in [3.8, 4) is 83.8 Å². The Labute approximate surface area is 784 Å². The number of nitrogens with zero attached hydrogens (tertiary/aromatic N) is 6. The summed E-state index contributed by atoms with van der Waals surface area (Å²) in [6.45, 7) is 13.1. The van der Waals surface area contributed by atoms with Crippen molar-refractivity contribution in [1.29, 1.82) is 0 Å². The molecule has 0 atom stereocenters. The van der Waals surface area contributed by atoms with Gasteiger partial charge in [-0.15, -0.1) is 0 Å².